The average molecular weight is 296 g/mol. The number of likely N-dealkylation sites (tertiary alicyclic amines) is 1. The molecule has 1 aliphatic carbocycles. The molecule has 1 aliphatic heterocycles. The number of carbonyl (C=O) groups excluding carboxylic acids is 1. The van der Waals surface area contributed by atoms with E-state index in [0.717, 1.165) is 18.8 Å². The number of hydrogen-bond donors (Lipinski definition) is 1. The zero-order chi connectivity index (χ0) is 15.6. The molecule has 1 N–H and O–H groups in total. The van der Waals surface area contributed by atoms with Crippen molar-refractivity contribution in [3.63, 3.8) is 0 Å². The number of hydrogen-bond acceptors (Lipinski definition) is 3. The van der Waals surface area contributed by atoms with E-state index < -0.39 is 5.97 Å². The van der Waals surface area contributed by atoms with Crippen LogP contribution in [0.2, 0.25) is 0 Å². The van der Waals surface area contributed by atoms with Gasteiger partial charge in [0.25, 0.3) is 0 Å². The van der Waals surface area contributed by atoms with Crippen molar-refractivity contribution in [2.24, 2.45) is 17.8 Å². The number of rotatable bonds is 4. The maximum atomic E-state index is 12.4. The molecule has 0 spiro atoms. The van der Waals surface area contributed by atoms with Crippen molar-refractivity contribution in [2.45, 2.75) is 45.6 Å². The molecular weight excluding hydrogens is 268 g/mol. The first kappa shape index (κ1) is 16.3. The van der Waals surface area contributed by atoms with Gasteiger partial charge in [-0.1, -0.05) is 13.8 Å². The van der Waals surface area contributed by atoms with E-state index in [2.05, 4.69) is 6.92 Å². The summed E-state index contributed by atoms with van der Waals surface area (Å²) in [6, 6.07) is 0.365. The summed E-state index contributed by atoms with van der Waals surface area (Å²) in [5.41, 5.74) is 0. The van der Waals surface area contributed by atoms with Gasteiger partial charge in [-0.25, -0.2) is 0 Å². The molecular formula is C16H28N2O3. The molecule has 2 unspecified atom stereocenters. The molecule has 0 bridgehead atoms. The van der Waals surface area contributed by atoms with Gasteiger partial charge in [-0.2, -0.15) is 0 Å². The van der Waals surface area contributed by atoms with Crippen LogP contribution in [0.4, 0.5) is 0 Å². The van der Waals surface area contributed by atoms with Crippen molar-refractivity contribution in [1.29, 1.82) is 0 Å². The van der Waals surface area contributed by atoms with E-state index in [9.17, 15) is 9.59 Å². The summed E-state index contributed by atoms with van der Waals surface area (Å²) >= 11 is 0. The fourth-order valence-electron chi connectivity index (χ4n) is 3.65. The summed E-state index contributed by atoms with van der Waals surface area (Å²) in [4.78, 5) is 27.4. The maximum Gasteiger partial charge on any atom is 0.308 e. The molecule has 5 heteroatoms. The second kappa shape index (κ2) is 6.77. The van der Waals surface area contributed by atoms with Crippen molar-refractivity contribution in [1.82, 2.24) is 9.80 Å². The number of nitrogens with zero attached hydrogens (tertiary/aromatic N) is 2. The topological polar surface area (TPSA) is 60.9 Å². The predicted molar refractivity (Wildman–Crippen MR) is 80.9 cm³/mol. The lowest BCUT2D eigenvalue weighted by molar-refractivity contribution is -0.142. The molecule has 2 aliphatic rings. The highest BCUT2D eigenvalue weighted by Gasteiger charge is 2.36. The summed E-state index contributed by atoms with van der Waals surface area (Å²) < 4.78 is 0. The first-order valence-corrected chi connectivity index (χ1v) is 8.09. The van der Waals surface area contributed by atoms with Gasteiger partial charge in [0.2, 0.25) is 5.91 Å². The number of aliphatic carboxylic acids is 1. The summed E-state index contributed by atoms with van der Waals surface area (Å²) in [6.07, 6.45) is 4.59. The number of carboxylic acids is 1. The quantitative estimate of drug-likeness (QED) is 0.857. The summed E-state index contributed by atoms with van der Waals surface area (Å²) in [5, 5.41) is 9.15. The van der Waals surface area contributed by atoms with Crippen LogP contribution in [0.15, 0.2) is 0 Å². The fraction of sp³-hybridized carbons (Fsp3) is 0.875. The van der Waals surface area contributed by atoms with Crippen LogP contribution in [-0.4, -0.2) is 59.5 Å². The Morgan fingerprint density at radius 2 is 1.76 bits per heavy atom. The smallest absolute Gasteiger partial charge is 0.308 e. The van der Waals surface area contributed by atoms with Crippen LogP contribution in [0.3, 0.4) is 0 Å². The van der Waals surface area contributed by atoms with Gasteiger partial charge >= 0.3 is 5.97 Å². The van der Waals surface area contributed by atoms with Gasteiger partial charge in [0.1, 0.15) is 0 Å². The molecule has 5 nitrogen and oxygen atoms in total. The molecule has 1 amide bonds. The van der Waals surface area contributed by atoms with Crippen molar-refractivity contribution in [2.75, 3.05) is 26.7 Å². The minimum atomic E-state index is -0.743. The Bertz CT molecular complexity index is 391. The second-order valence-electron chi connectivity index (χ2n) is 7.03. The van der Waals surface area contributed by atoms with E-state index in [1.807, 2.05) is 23.8 Å². The van der Waals surface area contributed by atoms with E-state index in [-0.39, 0.29) is 17.7 Å². The van der Waals surface area contributed by atoms with Gasteiger partial charge in [0.05, 0.1) is 12.5 Å². The first-order valence-electron chi connectivity index (χ1n) is 8.09. The highest BCUT2D eigenvalue weighted by Crippen LogP contribution is 2.27. The van der Waals surface area contributed by atoms with Crippen LogP contribution in [-0.2, 0) is 9.59 Å². The van der Waals surface area contributed by atoms with E-state index in [4.69, 9.17) is 5.11 Å². The van der Waals surface area contributed by atoms with Crippen LogP contribution in [0, 0.1) is 17.8 Å². The third-order valence-electron chi connectivity index (χ3n) is 5.29. The Balaban J connectivity index is 1.83. The van der Waals surface area contributed by atoms with Crippen molar-refractivity contribution in [3.05, 3.63) is 0 Å². The summed E-state index contributed by atoms with van der Waals surface area (Å²) in [6.45, 7) is 5.79. The molecule has 1 saturated carbocycles. The SMILES string of the molecule is CC1CCC(N(C)C(=O)CN2CC(C)C(C(=O)O)C2)CC1. The van der Waals surface area contributed by atoms with Crippen LogP contribution < -0.4 is 0 Å². The minimum Gasteiger partial charge on any atom is -0.481 e. The predicted octanol–water partition coefficient (Wildman–Crippen LogP) is 1.68. The van der Waals surface area contributed by atoms with Crippen LogP contribution in [0.25, 0.3) is 0 Å². The molecule has 2 fully saturated rings. The first-order chi connectivity index (χ1) is 9.88. The lowest BCUT2D eigenvalue weighted by Gasteiger charge is -2.34. The fourth-order valence-corrected chi connectivity index (χ4v) is 3.65. The highest BCUT2D eigenvalue weighted by molar-refractivity contribution is 5.78. The maximum absolute atomic E-state index is 12.4. The molecule has 0 aromatic rings. The normalized spacial score (nSPS) is 33.9. The third kappa shape index (κ3) is 3.96. The van der Waals surface area contributed by atoms with Crippen molar-refractivity contribution in [3.8, 4) is 0 Å². The molecule has 1 saturated heterocycles. The van der Waals surface area contributed by atoms with Crippen LogP contribution >= 0.6 is 0 Å². The zero-order valence-corrected chi connectivity index (χ0v) is 13.4. The zero-order valence-electron chi connectivity index (χ0n) is 13.4. The van der Waals surface area contributed by atoms with E-state index in [0.29, 0.717) is 25.7 Å². The van der Waals surface area contributed by atoms with Crippen LogP contribution in [0.1, 0.15) is 39.5 Å². The standard InChI is InChI=1S/C16H28N2O3/c1-11-4-6-13(7-5-11)17(3)15(19)10-18-8-12(2)14(9-18)16(20)21/h11-14H,4-10H2,1-3H3,(H,20,21). The Labute approximate surface area is 127 Å². The van der Waals surface area contributed by atoms with Gasteiger partial charge in [-0.3, -0.25) is 14.5 Å². The second-order valence-corrected chi connectivity index (χ2v) is 7.03. The average Bonchev–Trinajstić information content (AvgIpc) is 2.79. The van der Waals surface area contributed by atoms with Crippen molar-refractivity contribution < 1.29 is 14.7 Å². The van der Waals surface area contributed by atoms with Crippen molar-refractivity contribution >= 4 is 11.9 Å². The monoisotopic (exact) mass is 296 g/mol. The van der Waals surface area contributed by atoms with Gasteiger partial charge in [-0.15, -0.1) is 0 Å². The molecule has 21 heavy (non-hydrogen) atoms. The number of likely N-dealkylation sites (N-methyl/N-ethyl adjacent to an activating group) is 1. The van der Waals surface area contributed by atoms with Gasteiger partial charge in [0, 0.05) is 26.2 Å². The number of carboxylic acid groups (broad SMARTS) is 1. The molecule has 120 valence electrons. The van der Waals surface area contributed by atoms with Gasteiger partial charge in [0.15, 0.2) is 0 Å². The molecule has 0 radical (unpaired) electrons. The molecule has 0 aromatic carbocycles. The molecule has 2 rings (SSSR count). The molecule has 0 aromatic heterocycles. The Hall–Kier alpha value is -1.10. The number of carbonyl (C=O) groups is 2. The summed E-state index contributed by atoms with van der Waals surface area (Å²) in [5.74, 6) is -0.0462. The van der Waals surface area contributed by atoms with E-state index in [1.165, 1.54) is 12.8 Å². The largest absolute Gasteiger partial charge is 0.481 e. The highest BCUT2D eigenvalue weighted by atomic mass is 16.4. The number of amides is 1. The minimum absolute atomic E-state index is 0.121. The third-order valence-corrected chi connectivity index (χ3v) is 5.29. The Kier molecular flexibility index (Phi) is 5.25. The Morgan fingerprint density at radius 1 is 1.14 bits per heavy atom. The molecule has 2 atom stereocenters. The summed E-state index contributed by atoms with van der Waals surface area (Å²) in [7, 11) is 1.90. The lowest BCUT2D eigenvalue weighted by atomic mass is 9.87. The van der Waals surface area contributed by atoms with Gasteiger partial charge < -0.3 is 10.0 Å². The Morgan fingerprint density at radius 3 is 2.29 bits per heavy atom. The van der Waals surface area contributed by atoms with E-state index >= 15 is 0 Å². The van der Waals surface area contributed by atoms with E-state index in [1.54, 1.807) is 0 Å². The van der Waals surface area contributed by atoms with Crippen LogP contribution in [0.5, 0.6) is 0 Å². The lowest BCUT2D eigenvalue weighted by Crippen LogP contribution is -2.44. The van der Waals surface area contributed by atoms with Gasteiger partial charge in [-0.05, 0) is 37.5 Å². The molecule has 1 heterocycles.